The van der Waals surface area contributed by atoms with E-state index in [1.165, 1.54) is 0 Å². The van der Waals surface area contributed by atoms with E-state index in [0.717, 1.165) is 57.1 Å². The molecule has 1 unspecified atom stereocenters. The molecule has 25 heavy (non-hydrogen) atoms. The maximum absolute atomic E-state index is 6.41. The minimum atomic E-state index is 0.484. The number of hydrogen-bond acceptors (Lipinski definition) is 5. The maximum Gasteiger partial charge on any atom is 0.179 e. The second kappa shape index (κ2) is 10.9. The summed E-state index contributed by atoms with van der Waals surface area (Å²) in [5.41, 5.74) is 1.10. The van der Waals surface area contributed by atoms with Crippen molar-refractivity contribution < 1.29 is 14.2 Å². The molecular weight excluding hydrogens is 340 g/mol. The second-order valence-electron chi connectivity index (χ2n) is 6.31. The van der Waals surface area contributed by atoms with Crippen LogP contribution in [0.1, 0.15) is 32.8 Å². The van der Waals surface area contributed by atoms with E-state index in [1.807, 2.05) is 19.1 Å². The third-order valence-corrected chi connectivity index (χ3v) is 4.54. The van der Waals surface area contributed by atoms with E-state index >= 15 is 0 Å². The lowest BCUT2D eigenvalue weighted by Gasteiger charge is -2.32. The van der Waals surface area contributed by atoms with Crippen molar-refractivity contribution in [1.29, 1.82) is 0 Å². The summed E-state index contributed by atoms with van der Waals surface area (Å²) >= 11 is 6.41. The van der Waals surface area contributed by atoms with Crippen molar-refractivity contribution in [2.75, 3.05) is 46.1 Å². The molecule has 1 N–H and O–H groups in total. The molecule has 1 fully saturated rings. The Kier molecular flexibility index (Phi) is 8.82. The van der Waals surface area contributed by atoms with E-state index in [2.05, 4.69) is 24.1 Å². The highest BCUT2D eigenvalue weighted by Gasteiger charge is 2.17. The molecule has 142 valence electrons. The fraction of sp³-hybridized carbons (Fsp3) is 0.684. The highest BCUT2D eigenvalue weighted by Crippen LogP contribution is 2.36. The quantitative estimate of drug-likeness (QED) is 0.684. The van der Waals surface area contributed by atoms with Crippen LogP contribution in [0.25, 0.3) is 0 Å². The molecule has 2 rings (SSSR count). The largest absolute Gasteiger partial charge is 0.490 e. The first-order chi connectivity index (χ1) is 12.2. The fourth-order valence-corrected chi connectivity index (χ4v) is 3.19. The molecule has 1 aliphatic rings. The predicted molar refractivity (Wildman–Crippen MR) is 102 cm³/mol. The number of rotatable bonds is 10. The van der Waals surface area contributed by atoms with Gasteiger partial charge in [-0.2, -0.15) is 0 Å². The molecule has 5 nitrogen and oxygen atoms in total. The molecule has 1 atom stereocenters. The summed E-state index contributed by atoms with van der Waals surface area (Å²) in [4.78, 5) is 2.46. The van der Waals surface area contributed by atoms with Crippen LogP contribution in [0.5, 0.6) is 11.5 Å². The molecule has 0 aromatic heterocycles. The normalized spacial score (nSPS) is 16.6. The summed E-state index contributed by atoms with van der Waals surface area (Å²) in [6.45, 7) is 12.9. The zero-order valence-electron chi connectivity index (χ0n) is 15.6. The van der Waals surface area contributed by atoms with Crippen LogP contribution >= 0.6 is 11.6 Å². The number of ether oxygens (including phenoxy) is 3. The van der Waals surface area contributed by atoms with Crippen LogP contribution < -0.4 is 14.8 Å². The average molecular weight is 371 g/mol. The van der Waals surface area contributed by atoms with Gasteiger partial charge in [0, 0.05) is 32.2 Å². The van der Waals surface area contributed by atoms with Crippen LogP contribution in [-0.4, -0.2) is 57.0 Å². The number of benzene rings is 1. The summed E-state index contributed by atoms with van der Waals surface area (Å²) in [7, 11) is 0. The SMILES string of the molecule is CCCOc1c(Cl)cc(CNCC(C)N2CCOCC2)cc1OCC. The van der Waals surface area contributed by atoms with Crippen molar-refractivity contribution in [3.8, 4) is 11.5 Å². The Bertz CT molecular complexity index is 522. The van der Waals surface area contributed by atoms with Gasteiger partial charge in [-0.1, -0.05) is 18.5 Å². The molecule has 0 aliphatic carbocycles. The number of hydrogen-bond donors (Lipinski definition) is 1. The average Bonchev–Trinajstić information content (AvgIpc) is 2.62. The van der Waals surface area contributed by atoms with Crippen molar-refractivity contribution in [2.45, 2.75) is 39.8 Å². The summed E-state index contributed by atoms with van der Waals surface area (Å²) in [5, 5.41) is 4.13. The van der Waals surface area contributed by atoms with Gasteiger partial charge in [-0.25, -0.2) is 0 Å². The van der Waals surface area contributed by atoms with E-state index in [1.54, 1.807) is 0 Å². The van der Waals surface area contributed by atoms with Gasteiger partial charge >= 0.3 is 0 Å². The van der Waals surface area contributed by atoms with Crippen LogP contribution in [0.4, 0.5) is 0 Å². The zero-order valence-corrected chi connectivity index (χ0v) is 16.4. The van der Waals surface area contributed by atoms with Crippen LogP contribution in [0.15, 0.2) is 12.1 Å². The molecule has 1 aliphatic heterocycles. The van der Waals surface area contributed by atoms with E-state index < -0.39 is 0 Å². The van der Waals surface area contributed by atoms with Crippen molar-refractivity contribution in [3.63, 3.8) is 0 Å². The second-order valence-corrected chi connectivity index (χ2v) is 6.72. The maximum atomic E-state index is 6.41. The van der Waals surface area contributed by atoms with Crippen LogP contribution in [0, 0.1) is 0 Å². The summed E-state index contributed by atoms with van der Waals surface area (Å²) in [6.07, 6.45) is 0.935. The Morgan fingerprint density at radius 3 is 2.68 bits per heavy atom. The molecule has 0 spiro atoms. The number of nitrogens with one attached hydrogen (secondary N) is 1. The molecule has 0 amide bonds. The predicted octanol–water partition coefficient (Wildman–Crippen LogP) is 3.34. The number of halogens is 1. The lowest BCUT2D eigenvalue weighted by molar-refractivity contribution is 0.0203. The Balaban J connectivity index is 1.92. The van der Waals surface area contributed by atoms with Gasteiger partial charge < -0.3 is 19.5 Å². The standard InChI is InChI=1S/C19H31ClN2O3/c1-4-8-25-19-17(20)11-16(12-18(19)24-5-2)14-21-13-15(3)22-6-9-23-10-7-22/h11-12,15,21H,4-10,13-14H2,1-3H3. The van der Waals surface area contributed by atoms with Gasteiger partial charge in [-0.3, -0.25) is 4.90 Å². The Labute approximate surface area is 156 Å². The first-order valence-corrected chi connectivity index (χ1v) is 9.64. The van der Waals surface area contributed by atoms with Gasteiger partial charge in [0.2, 0.25) is 0 Å². The van der Waals surface area contributed by atoms with Gasteiger partial charge in [-0.05, 0) is 38.0 Å². The first-order valence-electron chi connectivity index (χ1n) is 9.26. The van der Waals surface area contributed by atoms with Gasteiger partial charge in [0.1, 0.15) is 0 Å². The molecule has 0 bridgehead atoms. The van der Waals surface area contributed by atoms with Crippen LogP contribution in [-0.2, 0) is 11.3 Å². The number of morpholine rings is 1. The topological polar surface area (TPSA) is 43.0 Å². The van der Waals surface area contributed by atoms with Gasteiger partial charge in [0.15, 0.2) is 11.5 Å². The summed E-state index contributed by atoms with van der Waals surface area (Å²) in [6, 6.07) is 4.46. The Morgan fingerprint density at radius 1 is 1.24 bits per heavy atom. The molecule has 1 aromatic carbocycles. The molecule has 1 aromatic rings. The van der Waals surface area contributed by atoms with Crippen molar-refractivity contribution in [3.05, 3.63) is 22.7 Å². The lowest BCUT2D eigenvalue weighted by atomic mass is 10.2. The van der Waals surface area contributed by atoms with E-state index in [0.29, 0.717) is 30.0 Å². The Morgan fingerprint density at radius 2 is 2.00 bits per heavy atom. The minimum absolute atomic E-state index is 0.484. The van der Waals surface area contributed by atoms with Gasteiger partial charge in [0.05, 0.1) is 31.5 Å². The van der Waals surface area contributed by atoms with E-state index in [4.69, 9.17) is 25.8 Å². The summed E-state index contributed by atoms with van der Waals surface area (Å²) in [5.74, 6) is 1.37. The van der Waals surface area contributed by atoms with Crippen molar-refractivity contribution in [2.24, 2.45) is 0 Å². The van der Waals surface area contributed by atoms with Crippen LogP contribution in [0.2, 0.25) is 5.02 Å². The Hall–Kier alpha value is -1.01. The molecular formula is C19H31ClN2O3. The van der Waals surface area contributed by atoms with Gasteiger partial charge in [-0.15, -0.1) is 0 Å². The third kappa shape index (κ3) is 6.33. The minimum Gasteiger partial charge on any atom is -0.490 e. The zero-order chi connectivity index (χ0) is 18.1. The third-order valence-electron chi connectivity index (χ3n) is 4.26. The monoisotopic (exact) mass is 370 g/mol. The van der Waals surface area contributed by atoms with Gasteiger partial charge in [0.25, 0.3) is 0 Å². The van der Waals surface area contributed by atoms with Crippen molar-refractivity contribution >= 4 is 11.6 Å². The van der Waals surface area contributed by atoms with Crippen molar-refractivity contribution in [1.82, 2.24) is 10.2 Å². The highest BCUT2D eigenvalue weighted by atomic mass is 35.5. The molecule has 1 saturated heterocycles. The van der Waals surface area contributed by atoms with E-state index in [-0.39, 0.29) is 0 Å². The van der Waals surface area contributed by atoms with E-state index in [9.17, 15) is 0 Å². The molecule has 0 radical (unpaired) electrons. The molecule has 0 saturated carbocycles. The molecule has 1 heterocycles. The summed E-state index contributed by atoms with van der Waals surface area (Å²) < 4.78 is 16.9. The fourth-order valence-electron chi connectivity index (χ4n) is 2.90. The smallest absolute Gasteiger partial charge is 0.179 e. The highest BCUT2D eigenvalue weighted by molar-refractivity contribution is 6.32. The number of nitrogens with zero attached hydrogens (tertiary/aromatic N) is 1. The lowest BCUT2D eigenvalue weighted by Crippen LogP contribution is -2.46. The van der Waals surface area contributed by atoms with Crippen LogP contribution in [0.3, 0.4) is 0 Å². The molecule has 6 heteroatoms. The first kappa shape index (κ1) is 20.3.